The molecule has 17 heavy (non-hydrogen) atoms. The predicted octanol–water partition coefficient (Wildman–Crippen LogP) is 3.30. The zero-order chi connectivity index (χ0) is 12.6. The van der Waals surface area contributed by atoms with Crippen molar-refractivity contribution in [2.24, 2.45) is 5.84 Å². The Morgan fingerprint density at radius 2 is 2.00 bits per heavy atom. The van der Waals surface area contributed by atoms with Crippen LogP contribution in [-0.2, 0) is 6.18 Å². The van der Waals surface area contributed by atoms with Crippen LogP contribution in [0.3, 0.4) is 0 Å². The smallest absolute Gasteiger partial charge is 0.323 e. The highest BCUT2D eigenvalue weighted by atomic mass is 79.9. The first-order valence-corrected chi connectivity index (χ1v) is 5.36. The molecule has 1 aromatic carbocycles. The number of nitrogen functional groups attached to an aromatic ring is 1. The lowest BCUT2D eigenvalue weighted by Crippen LogP contribution is -2.12. The zero-order valence-corrected chi connectivity index (χ0v) is 9.93. The number of aromatic nitrogens is 1. The standard InChI is InChI=1S/C10H7BrF3N3/c11-6-3-1-2-5-7(17-15)4-8(10(12,13)14)16-9(5)6/h1-4H,15H2,(H,16,17). The van der Waals surface area contributed by atoms with E-state index in [1.807, 2.05) is 0 Å². The molecular weight excluding hydrogens is 299 g/mol. The molecule has 1 aromatic heterocycles. The molecular formula is C10H7BrF3N3. The largest absolute Gasteiger partial charge is 0.433 e. The molecule has 0 spiro atoms. The molecule has 0 saturated heterocycles. The monoisotopic (exact) mass is 305 g/mol. The maximum absolute atomic E-state index is 12.6. The summed E-state index contributed by atoms with van der Waals surface area (Å²) in [6, 6.07) is 5.84. The molecule has 0 radical (unpaired) electrons. The zero-order valence-electron chi connectivity index (χ0n) is 8.35. The molecule has 0 amide bonds. The van der Waals surface area contributed by atoms with Crippen molar-refractivity contribution in [3.05, 3.63) is 34.4 Å². The van der Waals surface area contributed by atoms with Crippen LogP contribution >= 0.6 is 15.9 Å². The Bertz CT molecular complexity index is 568. The van der Waals surface area contributed by atoms with Crippen molar-refractivity contribution in [2.75, 3.05) is 5.43 Å². The number of nitrogens with zero attached hydrogens (tertiary/aromatic N) is 1. The number of alkyl halides is 3. The predicted molar refractivity (Wildman–Crippen MR) is 62.3 cm³/mol. The lowest BCUT2D eigenvalue weighted by atomic mass is 10.1. The third-order valence-corrected chi connectivity index (χ3v) is 2.88. The SMILES string of the molecule is NNc1cc(C(F)(F)F)nc2c(Br)cccc12. The van der Waals surface area contributed by atoms with E-state index >= 15 is 0 Å². The molecule has 0 aliphatic rings. The average Bonchev–Trinajstić information content (AvgIpc) is 2.27. The Kier molecular flexibility index (Phi) is 2.96. The van der Waals surface area contributed by atoms with Crippen LogP contribution in [-0.4, -0.2) is 4.98 Å². The maximum atomic E-state index is 12.6. The highest BCUT2D eigenvalue weighted by molar-refractivity contribution is 9.10. The molecule has 90 valence electrons. The summed E-state index contributed by atoms with van der Waals surface area (Å²) in [6.07, 6.45) is -4.50. The molecule has 0 fully saturated rings. The van der Waals surface area contributed by atoms with Gasteiger partial charge in [-0.2, -0.15) is 13.2 Å². The summed E-state index contributed by atoms with van der Waals surface area (Å²) < 4.78 is 38.3. The van der Waals surface area contributed by atoms with Crippen molar-refractivity contribution in [2.45, 2.75) is 6.18 Å². The number of anilines is 1. The first-order valence-electron chi connectivity index (χ1n) is 4.56. The summed E-state index contributed by atoms with van der Waals surface area (Å²) in [5, 5.41) is 0.523. The van der Waals surface area contributed by atoms with E-state index in [1.54, 1.807) is 18.2 Å². The van der Waals surface area contributed by atoms with Crippen LogP contribution in [0.4, 0.5) is 18.9 Å². The van der Waals surface area contributed by atoms with E-state index in [0.29, 0.717) is 9.86 Å². The lowest BCUT2D eigenvalue weighted by Gasteiger charge is -2.11. The van der Waals surface area contributed by atoms with E-state index in [-0.39, 0.29) is 11.2 Å². The Morgan fingerprint density at radius 3 is 2.59 bits per heavy atom. The molecule has 2 rings (SSSR count). The number of nitrogens with two attached hydrogens (primary N) is 1. The van der Waals surface area contributed by atoms with Crippen LogP contribution in [0.2, 0.25) is 0 Å². The second-order valence-corrected chi connectivity index (χ2v) is 4.19. The van der Waals surface area contributed by atoms with Gasteiger partial charge in [-0.3, -0.25) is 5.84 Å². The molecule has 3 nitrogen and oxygen atoms in total. The number of hydrazine groups is 1. The number of halogens is 4. The van der Waals surface area contributed by atoms with Gasteiger partial charge in [0, 0.05) is 9.86 Å². The van der Waals surface area contributed by atoms with Gasteiger partial charge in [0.1, 0.15) is 5.69 Å². The summed E-state index contributed by atoms with van der Waals surface area (Å²) in [5.74, 6) is 5.22. The fourth-order valence-corrected chi connectivity index (χ4v) is 1.93. The first-order chi connectivity index (χ1) is 7.93. The molecule has 2 aromatic rings. The van der Waals surface area contributed by atoms with Gasteiger partial charge < -0.3 is 5.43 Å². The van der Waals surface area contributed by atoms with Gasteiger partial charge in [0.2, 0.25) is 0 Å². The molecule has 1 heterocycles. The van der Waals surface area contributed by atoms with E-state index in [4.69, 9.17) is 5.84 Å². The highest BCUT2D eigenvalue weighted by Gasteiger charge is 2.33. The quantitative estimate of drug-likeness (QED) is 0.628. The molecule has 3 N–H and O–H groups in total. The average molecular weight is 306 g/mol. The fraction of sp³-hybridized carbons (Fsp3) is 0.100. The van der Waals surface area contributed by atoms with E-state index in [1.165, 1.54) is 0 Å². The summed E-state index contributed by atoms with van der Waals surface area (Å²) in [7, 11) is 0. The normalized spacial score (nSPS) is 11.8. The number of nitrogens with one attached hydrogen (secondary N) is 1. The van der Waals surface area contributed by atoms with E-state index in [9.17, 15) is 13.2 Å². The number of benzene rings is 1. The summed E-state index contributed by atoms with van der Waals surface area (Å²) >= 11 is 3.16. The van der Waals surface area contributed by atoms with Crippen molar-refractivity contribution >= 4 is 32.5 Å². The van der Waals surface area contributed by atoms with E-state index < -0.39 is 11.9 Å². The molecule has 0 unspecified atom stereocenters. The number of para-hydroxylation sites is 1. The Labute approximate surface area is 103 Å². The number of pyridine rings is 1. The minimum absolute atomic E-state index is 0.184. The third kappa shape index (κ3) is 2.20. The minimum atomic E-state index is -4.50. The highest BCUT2D eigenvalue weighted by Crippen LogP contribution is 2.34. The van der Waals surface area contributed by atoms with Gasteiger partial charge in [-0.1, -0.05) is 12.1 Å². The maximum Gasteiger partial charge on any atom is 0.433 e. The topological polar surface area (TPSA) is 50.9 Å². The van der Waals surface area contributed by atoms with Crippen LogP contribution in [0.5, 0.6) is 0 Å². The first kappa shape index (κ1) is 12.1. The van der Waals surface area contributed by atoms with Crippen LogP contribution in [0.25, 0.3) is 10.9 Å². The van der Waals surface area contributed by atoms with Gasteiger partial charge in [-0.25, -0.2) is 4.98 Å². The van der Waals surface area contributed by atoms with E-state index in [0.717, 1.165) is 6.07 Å². The molecule has 7 heteroatoms. The fourth-order valence-electron chi connectivity index (χ4n) is 1.48. The number of hydrogen-bond donors (Lipinski definition) is 2. The number of hydrogen-bond acceptors (Lipinski definition) is 3. The van der Waals surface area contributed by atoms with E-state index in [2.05, 4.69) is 26.3 Å². The second kappa shape index (κ2) is 4.15. The van der Waals surface area contributed by atoms with Crippen LogP contribution in [0.1, 0.15) is 5.69 Å². The van der Waals surface area contributed by atoms with Crippen molar-refractivity contribution in [1.82, 2.24) is 4.98 Å². The van der Waals surface area contributed by atoms with Crippen LogP contribution in [0.15, 0.2) is 28.7 Å². The Morgan fingerprint density at radius 1 is 1.29 bits per heavy atom. The van der Waals surface area contributed by atoms with Crippen molar-refractivity contribution < 1.29 is 13.2 Å². The summed E-state index contributed by atoms with van der Waals surface area (Å²) in [6.45, 7) is 0. The minimum Gasteiger partial charge on any atom is -0.323 e. The summed E-state index contributed by atoms with van der Waals surface area (Å²) in [4.78, 5) is 3.59. The molecule has 0 aliphatic carbocycles. The number of rotatable bonds is 1. The Balaban J connectivity index is 2.81. The van der Waals surface area contributed by atoms with Gasteiger partial charge in [-0.15, -0.1) is 0 Å². The van der Waals surface area contributed by atoms with Gasteiger partial charge in [0.05, 0.1) is 11.2 Å². The molecule has 0 aliphatic heterocycles. The van der Waals surface area contributed by atoms with Crippen molar-refractivity contribution in [3.63, 3.8) is 0 Å². The number of fused-ring (bicyclic) bond motifs is 1. The third-order valence-electron chi connectivity index (χ3n) is 2.24. The lowest BCUT2D eigenvalue weighted by molar-refractivity contribution is -0.140. The van der Waals surface area contributed by atoms with Crippen molar-refractivity contribution in [1.29, 1.82) is 0 Å². The van der Waals surface area contributed by atoms with Crippen molar-refractivity contribution in [3.8, 4) is 0 Å². The molecule has 0 saturated carbocycles. The van der Waals surface area contributed by atoms with Crippen LogP contribution in [0, 0.1) is 0 Å². The van der Waals surface area contributed by atoms with Gasteiger partial charge >= 0.3 is 6.18 Å². The van der Waals surface area contributed by atoms with Crippen LogP contribution < -0.4 is 11.3 Å². The van der Waals surface area contributed by atoms with Gasteiger partial charge in [0.25, 0.3) is 0 Å². The van der Waals surface area contributed by atoms with Gasteiger partial charge in [0.15, 0.2) is 0 Å². The van der Waals surface area contributed by atoms with Gasteiger partial charge in [-0.05, 0) is 28.1 Å². The second-order valence-electron chi connectivity index (χ2n) is 3.33. The molecule has 0 atom stereocenters. The Hall–Kier alpha value is -1.34. The summed E-state index contributed by atoms with van der Waals surface area (Å²) in [5.41, 5.74) is 1.67. The molecule has 0 bridgehead atoms.